The normalized spacial score (nSPS) is 11.1. The largest absolute Gasteiger partial charge is 0.399 e. The maximum Gasteiger partial charge on any atom is 0.259 e. The van der Waals surface area contributed by atoms with Crippen LogP contribution in [-0.2, 0) is 19.4 Å². The second-order valence-corrected chi connectivity index (χ2v) is 6.05. The van der Waals surface area contributed by atoms with Crippen molar-refractivity contribution in [1.29, 1.82) is 0 Å². The Morgan fingerprint density at radius 3 is 2.29 bits per heavy atom. The first-order chi connectivity index (χ1) is 11.6. The maximum atomic E-state index is 13.2. The van der Waals surface area contributed by atoms with Gasteiger partial charge in [0.05, 0.1) is 11.1 Å². The van der Waals surface area contributed by atoms with Crippen LogP contribution in [0.1, 0.15) is 31.9 Å². The molecule has 0 amide bonds. The minimum Gasteiger partial charge on any atom is -0.399 e. The summed E-state index contributed by atoms with van der Waals surface area (Å²) in [7, 11) is 0. The Hall–Kier alpha value is -2.55. The minimum absolute atomic E-state index is 0.0701. The Bertz CT molecular complexity index is 940. The zero-order valence-electron chi connectivity index (χ0n) is 14.6. The summed E-state index contributed by atoms with van der Waals surface area (Å²) in [5, 5.41) is 1.19. The Kier molecular flexibility index (Phi) is 4.43. The van der Waals surface area contributed by atoms with Gasteiger partial charge in [-0.25, -0.2) is 0 Å². The average molecular weight is 320 g/mol. The first kappa shape index (κ1) is 16.3. The number of benzene rings is 2. The summed E-state index contributed by atoms with van der Waals surface area (Å²) in [6, 6.07) is 14.0. The summed E-state index contributed by atoms with van der Waals surface area (Å²) in [5.41, 5.74) is 12.0. The molecule has 0 fully saturated rings. The van der Waals surface area contributed by atoms with Crippen molar-refractivity contribution in [1.82, 2.24) is 4.57 Å². The standard InChI is InChI=1S/C21H24N2O/c1-4-14-12-16(22)13-18-19(14)17(5-2)20(21(24)23(18)6-3)15-10-8-7-9-11-15/h7-13H,4-6,22H2,1-3H3. The summed E-state index contributed by atoms with van der Waals surface area (Å²) in [5.74, 6) is 0. The van der Waals surface area contributed by atoms with Crippen LogP contribution in [0.3, 0.4) is 0 Å². The first-order valence-corrected chi connectivity index (χ1v) is 8.65. The van der Waals surface area contributed by atoms with Gasteiger partial charge in [0.1, 0.15) is 0 Å². The molecule has 0 bridgehead atoms. The molecule has 3 nitrogen and oxygen atoms in total. The fourth-order valence-electron chi connectivity index (χ4n) is 3.62. The van der Waals surface area contributed by atoms with Crippen LogP contribution in [0.4, 0.5) is 5.69 Å². The number of anilines is 1. The summed E-state index contributed by atoms with van der Waals surface area (Å²) < 4.78 is 1.85. The number of nitrogens with zero attached hydrogens (tertiary/aromatic N) is 1. The number of aryl methyl sites for hydroxylation is 3. The zero-order chi connectivity index (χ0) is 17.3. The highest BCUT2D eigenvalue weighted by atomic mass is 16.1. The van der Waals surface area contributed by atoms with Crippen LogP contribution >= 0.6 is 0 Å². The Labute approximate surface area is 142 Å². The highest BCUT2D eigenvalue weighted by Gasteiger charge is 2.18. The molecule has 24 heavy (non-hydrogen) atoms. The second kappa shape index (κ2) is 6.52. The minimum atomic E-state index is 0.0701. The molecule has 1 heterocycles. The molecule has 2 N–H and O–H groups in total. The fraction of sp³-hybridized carbons (Fsp3) is 0.286. The number of nitrogen functional groups attached to an aromatic ring is 1. The van der Waals surface area contributed by atoms with E-state index in [1.165, 1.54) is 10.9 Å². The predicted molar refractivity (Wildman–Crippen MR) is 102 cm³/mol. The van der Waals surface area contributed by atoms with Crippen molar-refractivity contribution >= 4 is 16.6 Å². The molecule has 0 saturated carbocycles. The van der Waals surface area contributed by atoms with E-state index in [9.17, 15) is 4.79 Å². The molecule has 0 saturated heterocycles. The fourth-order valence-corrected chi connectivity index (χ4v) is 3.62. The lowest BCUT2D eigenvalue weighted by molar-refractivity contribution is 0.758. The van der Waals surface area contributed by atoms with Gasteiger partial charge < -0.3 is 10.3 Å². The molecule has 0 unspecified atom stereocenters. The molecular formula is C21H24N2O. The van der Waals surface area contributed by atoms with E-state index in [1.54, 1.807) is 0 Å². The number of hydrogen-bond donors (Lipinski definition) is 1. The van der Waals surface area contributed by atoms with Crippen LogP contribution in [0.25, 0.3) is 22.0 Å². The first-order valence-electron chi connectivity index (χ1n) is 8.65. The summed E-state index contributed by atoms with van der Waals surface area (Å²) in [4.78, 5) is 13.2. The van der Waals surface area contributed by atoms with Gasteiger partial charge in [0, 0.05) is 17.6 Å². The molecule has 3 rings (SSSR count). The van der Waals surface area contributed by atoms with Gasteiger partial charge in [-0.3, -0.25) is 4.79 Å². The van der Waals surface area contributed by atoms with Gasteiger partial charge in [0.25, 0.3) is 5.56 Å². The number of nitrogens with two attached hydrogens (primary N) is 1. The smallest absolute Gasteiger partial charge is 0.259 e. The average Bonchev–Trinajstić information content (AvgIpc) is 2.60. The molecule has 1 aromatic heterocycles. The van der Waals surface area contributed by atoms with Gasteiger partial charge in [-0.15, -0.1) is 0 Å². The van der Waals surface area contributed by atoms with Crippen LogP contribution in [0.5, 0.6) is 0 Å². The number of pyridine rings is 1. The third kappa shape index (κ3) is 2.50. The molecule has 2 aromatic carbocycles. The topological polar surface area (TPSA) is 48.0 Å². The van der Waals surface area contributed by atoms with E-state index in [1.807, 2.05) is 54.0 Å². The van der Waals surface area contributed by atoms with Gasteiger partial charge in [-0.2, -0.15) is 0 Å². The van der Waals surface area contributed by atoms with Crippen LogP contribution in [-0.4, -0.2) is 4.57 Å². The maximum absolute atomic E-state index is 13.2. The van der Waals surface area contributed by atoms with Gasteiger partial charge in [-0.05, 0) is 48.6 Å². The number of hydrogen-bond acceptors (Lipinski definition) is 2. The van der Waals surface area contributed by atoms with Crippen molar-refractivity contribution in [3.63, 3.8) is 0 Å². The monoisotopic (exact) mass is 320 g/mol. The Balaban J connectivity index is 2.57. The molecule has 0 radical (unpaired) electrons. The van der Waals surface area contributed by atoms with E-state index in [4.69, 9.17) is 5.73 Å². The van der Waals surface area contributed by atoms with E-state index in [0.717, 1.165) is 40.7 Å². The molecule has 0 aliphatic heterocycles. The lowest BCUT2D eigenvalue weighted by Gasteiger charge is -2.19. The SMILES string of the molecule is CCc1cc(N)cc2c1c(CC)c(-c1ccccc1)c(=O)n2CC. The van der Waals surface area contributed by atoms with Crippen molar-refractivity contribution in [2.24, 2.45) is 0 Å². The molecule has 0 spiro atoms. The van der Waals surface area contributed by atoms with E-state index in [-0.39, 0.29) is 5.56 Å². The molecule has 3 heteroatoms. The molecule has 0 atom stereocenters. The summed E-state index contributed by atoms with van der Waals surface area (Å²) >= 11 is 0. The molecule has 0 aliphatic carbocycles. The second-order valence-electron chi connectivity index (χ2n) is 6.05. The highest BCUT2D eigenvalue weighted by molar-refractivity contribution is 5.93. The molecule has 3 aromatic rings. The highest BCUT2D eigenvalue weighted by Crippen LogP contribution is 2.32. The number of rotatable bonds is 4. The lowest BCUT2D eigenvalue weighted by Crippen LogP contribution is -2.24. The van der Waals surface area contributed by atoms with Crippen LogP contribution in [0.15, 0.2) is 47.3 Å². The third-order valence-electron chi connectivity index (χ3n) is 4.69. The summed E-state index contributed by atoms with van der Waals surface area (Å²) in [6.45, 7) is 6.89. The Morgan fingerprint density at radius 2 is 1.71 bits per heavy atom. The van der Waals surface area contributed by atoms with E-state index < -0.39 is 0 Å². The van der Waals surface area contributed by atoms with Crippen molar-refractivity contribution in [2.45, 2.75) is 40.2 Å². The molecule has 124 valence electrons. The van der Waals surface area contributed by atoms with Crippen molar-refractivity contribution in [3.8, 4) is 11.1 Å². The van der Waals surface area contributed by atoms with Crippen molar-refractivity contribution < 1.29 is 0 Å². The van der Waals surface area contributed by atoms with E-state index in [2.05, 4.69) is 13.8 Å². The van der Waals surface area contributed by atoms with Gasteiger partial charge in [-0.1, -0.05) is 44.2 Å². The number of aromatic nitrogens is 1. The molecular weight excluding hydrogens is 296 g/mol. The molecule has 0 aliphatic rings. The Morgan fingerprint density at radius 1 is 1.00 bits per heavy atom. The quantitative estimate of drug-likeness (QED) is 0.725. The van der Waals surface area contributed by atoms with E-state index >= 15 is 0 Å². The lowest BCUT2D eigenvalue weighted by atomic mass is 9.92. The van der Waals surface area contributed by atoms with Gasteiger partial charge in [0.2, 0.25) is 0 Å². The third-order valence-corrected chi connectivity index (χ3v) is 4.69. The predicted octanol–water partition coefficient (Wildman–Crippen LogP) is 4.40. The summed E-state index contributed by atoms with van der Waals surface area (Å²) in [6.07, 6.45) is 1.71. The van der Waals surface area contributed by atoms with E-state index in [0.29, 0.717) is 6.54 Å². The zero-order valence-corrected chi connectivity index (χ0v) is 14.6. The van der Waals surface area contributed by atoms with Crippen LogP contribution < -0.4 is 11.3 Å². The van der Waals surface area contributed by atoms with Gasteiger partial charge >= 0.3 is 0 Å². The van der Waals surface area contributed by atoms with Crippen molar-refractivity contribution in [3.05, 3.63) is 63.9 Å². The number of fused-ring (bicyclic) bond motifs is 1. The van der Waals surface area contributed by atoms with Crippen LogP contribution in [0.2, 0.25) is 0 Å². The van der Waals surface area contributed by atoms with Crippen LogP contribution in [0, 0.1) is 0 Å². The van der Waals surface area contributed by atoms with Gasteiger partial charge in [0.15, 0.2) is 0 Å². The van der Waals surface area contributed by atoms with Crippen molar-refractivity contribution in [2.75, 3.05) is 5.73 Å².